The SMILES string of the molecule is CC(=O)N1CCC(N2CCOC[C@H]2c2ncc(-c3ccc(S(C)(=O)=O)cc3)[nH]2)CC1. The van der Waals surface area contributed by atoms with E-state index in [4.69, 9.17) is 4.74 Å². The van der Waals surface area contributed by atoms with E-state index in [9.17, 15) is 13.2 Å². The number of hydrogen-bond donors (Lipinski definition) is 1. The minimum Gasteiger partial charge on any atom is -0.378 e. The van der Waals surface area contributed by atoms with Crippen molar-refractivity contribution >= 4 is 15.7 Å². The van der Waals surface area contributed by atoms with Crippen molar-refractivity contribution in [3.05, 3.63) is 36.3 Å². The number of carbonyl (C=O) groups is 1. The topological polar surface area (TPSA) is 95.6 Å². The molecular formula is C21H28N4O4S. The lowest BCUT2D eigenvalue weighted by molar-refractivity contribution is -0.131. The minimum absolute atomic E-state index is 0.0386. The van der Waals surface area contributed by atoms with Crippen LogP contribution in [0, 0.1) is 0 Å². The van der Waals surface area contributed by atoms with Crippen LogP contribution in [-0.2, 0) is 19.4 Å². The Morgan fingerprint density at radius 1 is 1.17 bits per heavy atom. The van der Waals surface area contributed by atoms with E-state index >= 15 is 0 Å². The number of benzene rings is 1. The highest BCUT2D eigenvalue weighted by atomic mass is 32.2. The Morgan fingerprint density at radius 3 is 2.50 bits per heavy atom. The quantitative estimate of drug-likeness (QED) is 0.792. The molecule has 1 atom stereocenters. The number of nitrogens with zero attached hydrogens (tertiary/aromatic N) is 3. The molecule has 3 heterocycles. The van der Waals surface area contributed by atoms with Gasteiger partial charge in [0.25, 0.3) is 0 Å². The molecule has 1 amide bonds. The third kappa shape index (κ3) is 4.43. The average molecular weight is 433 g/mol. The first-order valence-electron chi connectivity index (χ1n) is 10.3. The summed E-state index contributed by atoms with van der Waals surface area (Å²) in [4.78, 5) is 24.3. The van der Waals surface area contributed by atoms with Gasteiger partial charge in [0.15, 0.2) is 9.84 Å². The second kappa shape index (κ2) is 8.49. The number of amides is 1. The number of nitrogens with one attached hydrogen (secondary N) is 1. The monoisotopic (exact) mass is 432 g/mol. The fraction of sp³-hybridized carbons (Fsp3) is 0.524. The van der Waals surface area contributed by atoms with E-state index in [1.54, 1.807) is 37.4 Å². The lowest BCUT2D eigenvalue weighted by Gasteiger charge is -2.43. The summed E-state index contributed by atoms with van der Waals surface area (Å²) in [5.74, 6) is 0.996. The average Bonchev–Trinajstić information content (AvgIpc) is 3.23. The van der Waals surface area contributed by atoms with Gasteiger partial charge in [0, 0.05) is 38.9 Å². The second-order valence-corrected chi connectivity index (χ2v) is 10.1. The first kappa shape index (κ1) is 21.0. The molecule has 2 aliphatic heterocycles. The Kier molecular flexibility index (Phi) is 5.95. The number of ether oxygens (including phenoxy) is 1. The maximum atomic E-state index is 11.7. The smallest absolute Gasteiger partial charge is 0.219 e. The molecule has 9 heteroatoms. The van der Waals surface area contributed by atoms with Crippen LogP contribution in [0.25, 0.3) is 11.3 Å². The van der Waals surface area contributed by atoms with Crippen LogP contribution in [0.15, 0.2) is 35.4 Å². The third-order valence-corrected chi connectivity index (χ3v) is 7.18. The number of piperidine rings is 1. The van der Waals surface area contributed by atoms with Crippen molar-refractivity contribution in [3.63, 3.8) is 0 Å². The Hall–Kier alpha value is -2.23. The van der Waals surface area contributed by atoms with Crippen LogP contribution in [-0.4, -0.2) is 79.2 Å². The predicted octanol–water partition coefficient (Wildman–Crippen LogP) is 1.86. The van der Waals surface area contributed by atoms with Crippen molar-refractivity contribution in [2.24, 2.45) is 0 Å². The number of aromatic amines is 1. The number of likely N-dealkylation sites (tertiary alicyclic amines) is 1. The maximum absolute atomic E-state index is 11.7. The van der Waals surface area contributed by atoms with Gasteiger partial charge in [-0.1, -0.05) is 12.1 Å². The number of morpholine rings is 1. The molecule has 2 aliphatic rings. The fourth-order valence-electron chi connectivity index (χ4n) is 4.34. The van der Waals surface area contributed by atoms with Gasteiger partial charge in [0.05, 0.1) is 36.0 Å². The largest absolute Gasteiger partial charge is 0.378 e. The molecule has 0 unspecified atom stereocenters. The van der Waals surface area contributed by atoms with E-state index in [-0.39, 0.29) is 11.9 Å². The van der Waals surface area contributed by atoms with Gasteiger partial charge in [0.1, 0.15) is 5.82 Å². The van der Waals surface area contributed by atoms with Crippen LogP contribution in [0.5, 0.6) is 0 Å². The van der Waals surface area contributed by atoms with Gasteiger partial charge in [-0.15, -0.1) is 0 Å². The molecule has 1 aromatic carbocycles. The molecule has 8 nitrogen and oxygen atoms in total. The van der Waals surface area contributed by atoms with Crippen molar-refractivity contribution in [1.82, 2.24) is 19.8 Å². The molecule has 1 N–H and O–H groups in total. The van der Waals surface area contributed by atoms with E-state index in [0.29, 0.717) is 24.2 Å². The molecule has 0 saturated carbocycles. The van der Waals surface area contributed by atoms with Crippen LogP contribution < -0.4 is 0 Å². The number of sulfone groups is 1. The van der Waals surface area contributed by atoms with Gasteiger partial charge in [-0.05, 0) is 30.5 Å². The molecule has 162 valence electrons. The highest BCUT2D eigenvalue weighted by Gasteiger charge is 2.34. The van der Waals surface area contributed by atoms with Crippen molar-refractivity contribution in [1.29, 1.82) is 0 Å². The predicted molar refractivity (Wildman–Crippen MR) is 113 cm³/mol. The van der Waals surface area contributed by atoms with Crippen molar-refractivity contribution < 1.29 is 17.9 Å². The zero-order valence-corrected chi connectivity index (χ0v) is 18.2. The number of carbonyl (C=O) groups excluding carboxylic acids is 1. The molecule has 1 aromatic heterocycles. The Morgan fingerprint density at radius 2 is 1.87 bits per heavy atom. The highest BCUT2D eigenvalue weighted by Crippen LogP contribution is 2.30. The van der Waals surface area contributed by atoms with Gasteiger partial charge in [0.2, 0.25) is 5.91 Å². The van der Waals surface area contributed by atoms with E-state index in [0.717, 1.165) is 49.6 Å². The summed E-state index contributed by atoms with van der Waals surface area (Å²) < 4.78 is 29.1. The maximum Gasteiger partial charge on any atom is 0.219 e. The zero-order chi connectivity index (χ0) is 21.3. The minimum atomic E-state index is -3.22. The Labute approximate surface area is 177 Å². The molecule has 0 spiro atoms. The van der Waals surface area contributed by atoms with E-state index in [2.05, 4.69) is 14.9 Å². The summed E-state index contributed by atoms with van der Waals surface area (Å²) in [5.41, 5.74) is 1.74. The first-order valence-corrected chi connectivity index (χ1v) is 12.2. The first-order chi connectivity index (χ1) is 14.3. The highest BCUT2D eigenvalue weighted by molar-refractivity contribution is 7.90. The standard InChI is InChI=1S/C21H28N4O4S/c1-15(26)24-9-7-17(8-10-24)25-11-12-29-14-20(25)21-22-13-19(23-21)16-3-5-18(6-4-16)30(2,27)28/h3-6,13,17,20H,7-12,14H2,1-2H3,(H,22,23)/t20-/m0/s1. The van der Waals surface area contributed by atoms with Crippen LogP contribution in [0.2, 0.25) is 0 Å². The van der Waals surface area contributed by atoms with Gasteiger partial charge in [-0.3, -0.25) is 9.69 Å². The molecule has 2 fully saturated rings. The molecule has 30 heavy (non-hydrogen) atoms. The number of aromatic nitrogens is 2. The van der Waals surface area contributed by atoms with Gasteiger partial charge >= 0.3 is 0 Å². The molecule has 4 rings (SSSR count). The lowest BCUT2D eigenvalue weighted by Crippen LogP contribution is -2.51. The second-order valence-electron chi connectivity index (χ2n) is 8.04. The van der Waals surface area contributed by atoms with Crippen LogP contribution >= 0.6 is 0 Å². The van der Waals surface area contributed by atoms with Crippen molar-refractivity contribution in [2.45, 2.75) is 36.7 Å². The summed E-state index contributed by atoms with van der Waals surface area (Å²) >= 11 is 0. The summed E-state index contributed by atoms with van der Waals surface area (Å²) in [6, 6.07) is 7.25. The summed E-state index contributed by atoms with van der Waals surface area (Å²) in [6.07, 6.45) is 4.90. The number of H-pyrrole nitrogens is 1. The molecular weight excluding hydrogens is 404 g/mol. The molecule has 2 saturated heterocycles. The molecule has 0 bridgehead atoms. The molecule has 0 aliphatic carbocycles. The van der Waals surface area contributed by atoms with Gasteiger partial charge in [-0.25, -0.2) is 13.4 Å². The van der Waals surface area contributed by atoms with Crippen LogP contribution in [0.1, 0.15) is 31.6 Å². The number of hydrogen-bond acceptors (Lipinski definition) is 6. The summed E-state index contributed by atoms with van der Waals surface area (Å²) in [6.45, 7) is 5.33. The number of rotatable bonds is 4. The number of imidazole rings is 1. The fourth-order valence-corrected chi connectivity index (χ4v) is 4.97. The third-order valence-electron chi connectivity index (χ3n) is 6.05. The van der Waals surface area contributed by atoms with Crippen molar-refractivity contribution in [2.75, 3.05) is 39.1 Å². The van der Waals surface area contributed by atoms with Crippen LogP contribution in [0.3, 0.4) is 0 Å². The van der Waals surface area contributed by atoms with E-state index < -0.39 is 9.84 Å². The summed E-state index contributed by atoms with van der Waals surface area (Å²) in [5, 5.41) is 0. The summed E-state index contributed by atoms with van der Waals surface area (Å²) in [7, 11) is -3.22. The Bertz CT molecular complexity index is 994. The van der Waals surface area contributed by atoms with Gasteiger partial charge < -0.3 is 14.6 Å². The van der Waals surface area contributed by atoms with E-state index in [1.807, 2.05) is 4.90 Å². The van der Waals surface area contributed by atoms with Gasteiger partial charge in [-0.2, -0.15) is 0 Å². The van der Waals surface area contributed by atoms with Crippen molar-refractivity contribution in [3.8, 4) is 11.3 Å². The molecule has 0 radical (unpaired) electrons. The normalized spacial score (nSPS) is 21.7. The lowest BCUT2D eigenvalue weighted by atomic mass is 10.00. The van der Waals surface area contributed by atoms with E-state index in [1.165, 1.54) is 6.26 Å². The molecule has 2 aromatic rings. The zero-order valence-electron chi connectivity index (χ0n) is 17.4. The van der Waals surface area contributed by atoms with Crippen LogP contribution in [0.4, 0.5) is 0 Å². The Balaban J connectivity index is 1.50.